The molecule has 184 valence electrons. The van der Waals surface area contributed by atoms with Crippen LogP contribution in [-0.2, 0) is 25.5 Å². The van der Waals surface area contributed by atoms with Gasteiger partial charge < -0.3 is 30.1 Å². The number of aromatic hydroxyl groups is 2. The van der Waals surface area contributed by atoms with Gasteiger partial charge in [-0.3, -0.25) is 14.4 Å². The van der Waals surface area contributed by atoms with E-state index in [9.17, 15) is 43.3 Å². The number of β-lactam (4-membered cyclic amide) rings is 1. The molecule has 0 bridgehead atoms. The Hall–Kier alpha value is -3.23. The Labute approximate surface area is 200 Å². The number of nitrogens with zero attached hydrogens (tertiary/aromatic N) is 2. The zero-order chi connectivity index (χ0) is 25.4. The van der Waals surface area contributed by atoms with Gasteiger partial charge >= 0.3 is 5.97 Å². The molecule has 1 aliphatic heterocycles. The van der Waals surface area contributed by atoms with Gasteiger partial charge in [-0.1, -0.05) is 11.6 Å². The maximum absolute atomic E-state index is 12.1. The van der Waals surface area contributed by atoms with Gasteiger partial charge in [0, 0.05) is 25.2 Å². The topological polar surface area (TPSA) is 206 Å². The summed E-state index contributed by atoms with van der Waals surface area (Å²) in [5, 5.41) is 34.1. The van der Waals surface area contributed by atoms with Crippen molar-refractivity contribution in [1.29, 1.82) is 0 Å². The number of carboxylic acids is 1. The first-order valence-electron chi connectivity index (χ1n) is 9.87. The van der Waals surface area contributed by atoms with Gasteiger partial charge in [0.1, 0.15) is 4.75 Å². The normalized spacial score (nSPS) is 22.2. The van der Waals surface area contributed by atoms with Crippen molar-refractivity contribution in [2.45, 2.75) is 36.6 Å². The number of amides is 3. The Morgan fingerprint density at radius 2 is 2.06 bits per heavy atom. The summed E-state index contributed by atoms with van der Waals surface area (Å²) in [5.74, 6) is -4.74. The SMILES string of the molecule is CC(/C=N/NC(=O)CCNC(=O)c1ccc(O)c(O)c1Cl)([C@H](C(=O)O)N1C(=O)C2C[C@H]21)S(=O)O. The summed E-state index contributed by atoms with van der Waals surface area (Å²) in [7, 11) is 0. The molecule has 0 aromatic heterocycles. The van der Waals surface area contributed by atoms with Crippen molar-refractivity contribution in [3.05, 3.63) is 22.7 Å². The van der Waals surface area contributed by atoms with Crippen molar-refractivity contribution in [3.8, 4) is 11.5 Å². The third-order valence-electron chi connectivity index (χ3n) is 5.60. The molecule has 1 heterocycles. The van der Waals surface area contributed by atoms with Gasteiger partial charge in [0.2, 0.25) is 11.8 Å². The summed E-state index contributed by atoms with van der Waals surface area (Å²) < 4.78 is 19.7. The molecule has 1 aromatic carbocycles. The number of hydrogen-bond donors (Lipinski definition) is 6. The lowest BCUT2D eigenvalue weighted by Gasteiger charge is -2.41. The lowest BCUT2D eigenvalue weighted by molar-refractivity contribution is -0.157. The van der Waals surface area contributed by atoms with E-state index in [1.165, 1.54) is 6.07 Å². The average Bonchev–Trinajstić information content (AvgIpc) is 3.50. The Kier molecular flexibility index (Phi) is 7.14. The molecule has 1 saturated heterocycles. The van der Waals surface area contributed by atoms with Crippen molar-refractivity contribution in [2.75, 3.05) is 6.54 Å². The van der Waals surface area contributed by atoms with Gasteiger partial charge in [-0.2, -0.15) is 5.10 Å². The minimum absolute atomic E-state index is 0.130. The smallest absolute Gasteiger partial charge is 0.328 e. The number of phenolic OH excluding ortho intramolecular Hbond substituents is 2. The van der Waals surface area contributed by atoms with Crippen LogP contribution in [0.4, 0.5) is 0 Å². The molecule has 13 nitrogen and oxygen atoms in total. The number of likely N-dealkylation sites (tertiary alicyclic amines) is 1. The van der Waals surface area contributed by atoms with Crippen molar-refractivity contribution < 1.29 is 43.3 Å². The van der Waals surface area contributed by atoms with E-state index in [1.807, 2.05) is 0 Å². The molecule has 1 aromatic rings. The number of rotatable bonds is 10. The highest BCUT2D eigenvalue weighted by molar-refractivity contribution is 7.81. The molecule has 15 heteroatoms. The molecule has 34 heavy (non-hydrogen) atoms. The molecule has 5 atom stereocenters. The standard InChI is InChI=1S/C19H21ClN4O9S/c1-19(34(32)33,15(18(30)31)24-10-6-9(10)17(24)29)7-22-23-12(26)4-5-21-16(28)8-2-3-11(25)14(27)13(8)20/h2-3,7,9-10,15,25,27H,4-6H2,1H3,(H,21,28)(H,23,26)(H,30,31)(H,32,33)/b22-7+/t9?,10-,15+,19?/m1/s1. The van der Waals surface area contributed by atoms with Crippen molar-refractivity contribution in [1.82, 2.24) is 15.6 Å². The summed E-state index contributed by atoms with van der Waals surface area (Å²) in [6.07, 6.45) is 1.02. The van der Waals surface area contributed by atoms with Crippen LogP contribution in [0.1, 0.15) is 30.1 Å². The largest absolute Gasteiger partial charge is 0.504 e. The van der Waals surface area contributed by atoms with Crippen molar-refractivity contribution in [2.24, 2.45) is 11.0 Å². The number of fused-ring (bicyclic) bond motifs is 1. The van der Waals surface area contributed by atoms with E-state index in [2.05, 4.69) is 15.8 Å². The predicted octanol–water partition coefficient (Wildman–Crippen LogP) is -0.363. The van der Waals surface area contributed by atoms with Crippen molar-refractivity contribution >= 4 is 52.6 Å². The van der Waals surface area contributed by atoms with Crippen molar-refractivity contribution in [3.63, 3.8) is 0 Å². The van der Waals surface area contributed by atoms with Crippen LogP contribution in [0.25, 0.3) is 0 Å². The number of benzene rings is 1. The lowest BCUT2D eigenvalue weighted by atomic mass is 9.97. The van der Waals surface area contributed by atoms with Gasteiger partial charge in [0.25, 0.3) is 5.91 Å². The number of carboxylic acid groups (broad SMARTS) is 1. The number of halogens is 1. The number of carbonyl (C=O) groups is 4. The summed E-state index contributed by atoms with van der Waals surface area (Å²) in [4.78, 5) is 49.0. The highest BCUT2D eigenvalue weighted by Gasteiger charge is 2.66. The molecule has 3 rings (SSSR count). The second-order valence-corrected chi connectivity index (χ2v) is 9.68. The molecule has 1 saturated carbocycles. The number of carbonyl (C=O) groups excluding carboxylic acids is 3. The van der Waals surface area contributed by atoms with Crippen LogP contribution >= 0.6 is 11.6 Å². The molecule has 3 unspecified atom stereocenters. The van der Waals surface area contributed by atoms with E-state index < -0.39 is 57.1 Å². The fourth-order valence-electron chi connectivity index (χ4n) is 3.60. The molecule has 1 aliphatic carbocycles. The molecule has 2 aliphatic rings. The quantitative estimate of drug-likeness (QED) is 0.0787. The Morgan fingerprint density at radius 1 is 1.38 bits per heavy atom. The Bertz CT molecular complexity index is 1110. The lowest BCUT2D eigenvalue weighted by Crippen LogP contribution is -2.65. The first kappa shape index (κ1) is 25.4. The molecule has 0 radical (unpaired) electrons. The monoisotopic (exact) mass is 516 g/mol. The average molecular weight is 517 g/mol. The Balaban J connectivity index is 1.57. The van der Waals surface area contributed by atoms with Crippen LogP contribution in [-0.4, -0.2) is 82.3 Å². The summed E-state index contributed by atoms with van der Waals surface area (Å²) >= 11 is 3.04. The Morgan fingerprint density at radius 3 is 2.62 bits per heavy atom. The first-order valence-corrected chi connectivity index (χ1v) is 11.4. The van der Waals surface area contributed by atoms with Gasteiger partial charge in [-0.25, -0.2) is 14.4 Å². The van der Waals surface area contributed by atoms with Gasteiger partial charge in [0.05, 0.1) is 16.5 Å². The maximum atomic E-state index is 12.1. The van der Waals surface area contributed by atoms with Gasteiger partial charge in [0.15, 0.2) is 28.6 Å². The summed E-state index contributed by atoms with van der Waals surface area (Å²) in [6, 6.07) is 0.313. The van der Waals surface area contributed by atoms with E-state index in [-0.39, 0.29) is 35.5 Å². The number of hydrazone groups is 1. The third-order valence-corrected chi connectivity index (χ3v) is 7.07. The van der Waals surface area contributed by atoms with Crippen LogP contribution in [0.2, 0.25) is 5.02 Å². The van der Waals surface area contributed by atoms with Gasteiger partial charge in [-0.05, 0) is 25.5 Å². The second-order valence-electron chi connectivity index (χ2n) is 7.92. The van der Waals surface area contributed by atoms with Crippen LogP contribution in [0, 0.1) is 5.92 Å². The highest BCUT2D eigenvalue weighted by atomic mass is 35.5. The minimum Gasteiger partial charge on any atom is -0.504 e. The number of nitrogens with one attached hydrogen (secondary N) is 2. The van der Waals surface area contributed by atoms with E-state index in [0.29, 0.717) is 6.42 Å². The summed E-state index contributed by atoms with van der Waals surface area (Å²) in [5.41, 5.74) is 1.94. The molecular weight excluding hydrogens is 496 g/mol. The predicted molar refractivity (Wildman–Crippen MR) is 118 cm³/mol. The zero-order valence-electron chi connectivity index (χ0n) is 17.6. The van der Waals surface area contributed by atoms with E-state index in [4.69, 9.17) is 11.6 Å². The van der Waals surface area contributed by atoms with E-state index in [1.54, 1.807) is 0 Å². The fourth-order valence-corrected chi connectivity index (χ4v) is 4.39. The minimum atomic E-state index is -2.76. The fraction of sp³-hybridized carbons (Fsp3) is 0.421. The second kappa shape index (κ2) is 9.56. The van der Waals surface area contributed by atoms with Crippen LogP contribution in [0.3, 0.4) is 0 Å². The molecule has 2 fully saturated rings. The van der Waals surface area contributed by atoms with Gasteiger partial charge in [-0.15, -0.1) is 0 Å². The van der Waals surface area contributed by atoms with Crippen LogP contribution < -0.4 is 10.7 Å². The number of aliphatic carboxylic acids is 1. The molecule has 3 amide bonds. The highest BCUT2D eigenvalue weighted by Crippen LogP contribution is 2.50. The first-order chi connectivity index (χ1) is 15.9. The number of phenols is 2. The zero-order valence-corrected chi connectivity index (χ0v) is 19.2. The third kappa shape index (κ3) is 4.69. The summed E-state index contributed by atoms with van der Waals surface area (Å²) in [6.45, 7) is 0.960. The van der Waals surface area contributed by atoms with Crippen LogP contribution in [0.5, 0.6) is 11.5 Å². The number of hydrogen-bond acceptors (Lipinski definition) is 8. The molecular formula is C19H21ClN4O9S. The van der Waals surface area contributed by atoms with E-state index in [0.717, 1.165) is 24.1 Å². The van der Waals surface area contributed by atoms with Crippen LogP contribution in [0.15, 0.2) is 17.2 Å². The molecule has 6 N–H and O–H groups in total. The maximum Gasteiger partial charge on any atom is 0.328 e. The molecule has 0 spiro atoms. The van der Waals surface area contributed by atoms with E-state index >= 15 is 0 Å².